The molecule has 4 heteroatoms. The van der Waals surface area contributed by atoms with E-state index in [2.05, 4.69) is 38.3 Å². The molecule has 3 nitrogen and oxygen atoms in total. The fourth-order valence-corrected chi connectivity index (χ4v) is 2.83. The molecule has 2 saturated heterocycles. The van der Waals surface area contributed by atoms with Crippen LogP contribution in [0.3, 0.4) is 0 Å². The number of hydrogen-bond acceptors (Lipinski definition) is 2. The summed E-state index contributed by atoms with van der Waals surface area (Å²) in [6, 6.07) is 0.728. The largest absolute Gasteiger partial charge is 0.350 e. The van der Waals surface area contributed by atoms with Gasteiger partial charge in [-0.15, -0.1) is 12.4 Å². The molecule has 0 radical (unpaired) electrons. The second-order valence-corrected chi connectivity index (χ2v) is 4.64. The Morgan fingerprint density at radius 1 is 1.21 bits per heavy atom. The molecule has 0 bridgehead atoms. The molecule has 0 saturated carbocycles. The Morgan fingerprint density at radius 2 is 1.79 bits per heavy atom. The Morgan fingerprint density at radius 3 is 2.00 bits per heavy atom. The van der Waals surface area contributed by atoms with Crippen LogP contribution in [-0.4, -0.2) is 23.5 Å². The van der Waals surface area contributed by atoms with E-state index < -0.39 is 0 Å². The van der Waals surface area contributed by atoms with Crippen LogP contribution in [0.4, 0.5) is 0 Å². The fourth-order valence-electron chi connectivity index (χ4n) is 2.83. The first-order chi connectivity index (χ1) is 6.00. The number of rotatable bonds is 0. The van der Waals surface area contributed by atoms with Gasteiger partial charge >= 0.3 is 0 Å². The van der Waals surface area contributed by atoms with Crippen molar-refractivity contribution in [3.8, 4) is 0 Å². The van der Waals surface area contributed by atoms with Crippen molar-refractivity contribution in [3.05, 3.63) is 0 Å². The third kappa shape index (κ3) is 1.12. The van der Waals surface area contributed by atoms with Crippen LogP contribution in [0.25, 0.3) is 0 Å². The van der Waals surface area contributed by atoms with E-state index >= 15 is 0 Å². The van der Waals surface area contributed by atoms with Crippen molar-refractivity contribution >= 4 is 18.3 Å². The molecule has 14 heavy (non-hydrogen) atoms. The predicted octanol–water partition coefficient (Wildman–Crippen LogP) is 0.929. The van der Waals surface area contributed by atoms with Crippen LogP contribution in [0, 0.1) is 11.8 Å². The van der Waals surface area contributed by atoms with Crippen LogP contribution in [0.2, 0.25) is 0 Å². The van der Waals surface area contributed by atoms with Crippen LogP contribution in [0.15, 0.2) is 0 Å². The Kier molecular flexibility index (Phi) is 2.85. The normalized spacial score (nSPS) is 51.0. The quantitative estimate of drug-likeness (QED) is 0.594. The molecule has 5 unspecified atom stereocenters. The SMILES string of the molecule is CC1NC2(C(=O)NC2C)C(C)C1C.Cl. The summed E-state index contributed by atoms with van der Waals surface area (Å²) in [4.78, 5) is 11.6. The van der Waals surface area contributed by atoms with E-state index in [1.807, 2.05) is 0 Å². The van der Waals surface area contributed by atoms with Crippen molar-refractivity contribution in [2.45, 2.75) is 45.3 Å². The predicted molar refractivity (Wildman–Crippen MR) is 58.5 cm³/mol. The maximum absolute atomic E-state index is 11.6. The molecular formula is C10H19ClN2O. The number of β-lactam (4-membered cyclic amide) rings is 1. The number of halogens is 1. The van der Waals surface area contributed by atoms with Gasteiger partial charge in [0.05, 0.1) is 6.04 Å². The minimum absolute atomic E-state index is 0. The van der Waals surface area contributed by atoms with Gasteiger partial charge in [0.25, 0.3) is 0 Å². The maximum Gasteiger partial charge on any atom is 0.243 e. The third-order valence-electron chi connectivity index (χ3n) is 4.17. The molecule has 2 N–H and O–H groups in total. The van der Waals surface area contributed by atoms with Gasteiger partial charge in [-0.1, -0.05) is 13.8 Å². The first kappa shape index (κ1) is 11.8. The zero-order valence-corrected chi connectivity index (χ0v) is 9.94. The van der Waals surface area contributed by atoms with Gasteiger partial charge in [0.2, 0.25) is 5.91 Å². The molecule has 82 valence electrons. The van der Waals surface area contributed by atoms with Gasteiger partial charge in [0.1, 0.15) is 5.54 Å². The molecule has 1 amide bonds. The van der Waals surface area contributed by atoms with Crippen molar-refractivity contribution in [1.29, 1.82) is 0 Å². The Hall–Kier alpha value is -0.280. The van der Waals surface area contributed by atoms with Crippen LogP contribution in [0.1, 0.15) is 27.7 Å². The lowest BCUT2D eigenvalue weighted by molar-refractivity contribution is -0.140. The second-order valence-electron chi connectivity index (χ2n) is 4.64. The molecule has 2 heterocycles. The third-order valence-corrected chi connectivity index (χ3v) is 4.17. The van der Waals surface area contributed by atoms with E-state index in [1.54, 1.807) is 0 Å². The first-order valence-electron chi connectivity index (χ1n) is 5.08. The molecule has 0 aromatic rings. The van der Waals surface area contributed by atoms with Crippen LogP contribution in [-0.2, 0) is 4.79 Å². The number of nitrogens with one attached hydrogen (secondary N) is 2. The zero-order chi connectivity index (χ0) is 9.80. The van der Waals surface area contributed by atoms with Crippen molar-refractivity contribution in [2.75, 3.05) is 0 Å². The lowest BCUT2D eigenvalue weighted by Crippen LogP contribution is -2.78. The van der Waals surface area contributed by atoms with Gasteiger partial charge in [-0.3, -0.25) is 10.1 Å². The summed E-state index contributed by atoms with van der Waals surface area (Å²) in [6.45, 7) is 8.63. The van der Waals surface area contributed by atoms with Gasteiger partial charge in [0.15, 0.2) is 0 Å². The highest BCUT2D eigenvalue weighted by Crippen LogP contribution is 2.41. The number of amides is 1. The zero-order valence-electron chi connectivity index (χ0n) is 9.13. The number of carbonyl (C=O) groups is 1. The summed E-state index contributed by atoms with van der Waals surface area (Å²) in [5, 5.41) is 6.36. The van der Waals surface area contributed by atoms with Crippen LogP contribution in [0.5, 0.6) is 0 Å². The molecule has 5 atom stereocenters. The van der Waals surface area contributed by atoms with Crippen molar-refractivity contribution < 1.29 is 4.79 Å². The van der Waals surface area contributed by atoms with Crippen LogP contribution >= 0.6 is 12.4 Å². The van der Waals surface area contributed by atoms with E-state index in [-0.39, 0.29) is 29.9 Å². The lowest BCUT2D eigenvalue weighted by Gasteiger charge is -2.48. The number of hydrogen-bond donors (Lipinski definition) is 2. The van der Waals surface area contributed by atoms with Crippen molar-refractivity contribution in [1.82, 2.24) is 10.6 Å². The highest BCUT2D eigenvalue weighted by atomic mass is 35.5. The van der Waals surface area contributed by atoms with Gasteiger partial charge in [-0.2, -0.15) is 0 Å². The van der Waals surface area contributed by atoms with E-state index in [1.165, 1.54) is 0 Å². The highest BCUT2D eigenvalue weighted by Gasteiger charge is 2.61. The Labute approximate surface area is 91.4 Å². The van der Waals surface area contributed by atoms with Crippen molar-refractivity contribution in [2.24, 2.45) is 11.8 Å². The Balaban J connectivity index is 0.000000980. The van der Waals surface area contributed by atoms with E-state index in [9.17, 15) is 4.79 Å². The molecule has 2 rings (SSSR count). The molecule has 2 aliphatic heterocycles. The highest BCUT2D eigenvalue weighted by molar-refractivity contribution is 5.94. The minimum Gasteiger partial charge on any atom is -0.350 e. The molecule has 2 fully saturated rings. The summed E-state index contributed by atoms with van der Waals surface area (Å²) < 4.78 is 0. The first-order valence-corrected chi connectivity index (χ1v) is 5.08. The summed E-state index contributed by atoms with van der Waals surface area (Å²) in [5.41, 5.74) is -0.265. The van der Waals surface area contributed by atoms with Gasteiger partial charge in [-0.05, 0) is 25.7 Å². The summed E-state index contributed by atoms with van der Waals surface area (Å²) in [7, 11) is 0. The van der Waals surface area contributed by atoms with E-state index in [4.69, 9.17) is 0 Å². The van der Waals surface area contributed by atoms with Gasteiger partial charge in [0, 0.05) is 6.04 Å². The number of carbonyl (C=O) groups excluding carboxylic acids is 1. The molecule has 2 aliphatic rings. The average molecular weight is 219 g/mol. The van der Waals surface area contributed by atoms with E-state index in [0.717, 1.165) is 0 Å². The standard InChI is InChI=1S/C10H18N2O.ClH/c1-5-6(2)10(12-7(5)3)8(4)11-9(10)13;/h5-8,12H,1-4H3,(H,11,13);1H. The molecular weight excluding hydrogens is 200 g/mol. The van der Waals surface area contributed by atoms with Crippen molar-refractivity contribution in [3.63, 3.8) is 0 Å². The Bertz CT molecular complexity index is 259. The van der Waals surface area contributed by atoms with Gasteiger partial charge in [-0.25, -0.2) is 0 Å². The lowest BCUT2D eigenvalue weighted by atomic mass is 9.71. The molecule has 0 aromatic carbocycles. The maximum atomic E-state index is 11.6. The topological polar surface area (TPSA) is 41.1 Å². The average Bonchev–Trinajstić information content (AvgIpc) is 2.32. The van der Waals surface area contributed by atoms with E-state index in [0.29, 0.717) is 17.9 Å². The molecule has 0 aliphatic carbocycles. The van der Waals surface area contributed by atoms with Crippen LogP contribution < -0.4 is 10.6 Å². The summed E-state index contributed by atoms with van der Waals surface area (Å²) in [6.07, 6.45) is 0. The summed E-state index contributed by atoms with van der Waals surface area (Å²) in [5.74, 6) is 1.20. The molecule has 0 aromatic heterocycles. The minimum atomic E-state index is -0.265. The smallest absolute Gasteiger partial charge is 0.243 e. The molecule has 1 spiro atoms. The monoisotopic (exact) mass is 218 g/mol. The summed E-state index contributed by atoms with van der Waals surface area (Å²) >= 11 is 0. The second kappa shape index (κ2) is 3.38. The van der Waals surface area contributed by atoms with Gasteiger partial charge < -0.3 is 5.32 Å². The fraction of sp³-hybridized carbons (Fsp3) is 0.900.